The number of amides is 1. The highest BCUT2D eigenvalue weighted by atomic mass is 35.5. The predicted octanol–water partition coefficient (Wildman–Crippen LogP) is 3.78. The molecular formula is C21H19Cl2N7O2. The fourth-order valence-corrected chi connectivity index (χ4v) is 3.45. The van der Waals surface area contributed by atoms with Crippen LogP contribution in [0.4, 0.5) is 23.3 Å². The lowest BCUT2D eigenvalue weighted by molar-refractivity contribution is 0.102. The SMILES string of the molecule is Cc1cc(Nc2cc(NC(=O)c3c(Cl)cc(C#N)cc3Cl)ccn2)nc(N(C)CCO)n1. The van der Waals surface area contributed by atoms with Crippen LogP contribution in [0, 0.1) is 18.3 Å². The molecule has 1 amide bonds. The zero-order chi connectivity index (χ0) is 23.3. The van der Waals surface area contributed by atoms with Crippen molar-refractivity contribution in [2.24, 2.45) is 0 Å². The summed E-state index contributed by atoms with van der Waals surface area (Å²) in [5.41, 5.74) is 1.52. The number of benzene rings is 1. The number of aliphatic hydroxyl groups excluding tert-OH is 1. The molecule has 164 valence electrons. The summed E-state index contributed by atoms with van der Waals surface area (Å²) in [5.74, 6) is 0.878. The second-order valence-corrected chi connectivity index (χ2v) is 7.59. The van der Waals surface area contributed by atoms with E-state index in [4.69, 9.17) is 33.6 Å². The van der Waals surface area contributed by atoms with Crippen LogP contribution in [-0.4, -0.2) is 46.2 Å². The van der Waals surface area contributed by atoms with Crippen LogP contribution in [0.5, 0.6) is 0 Å². The van der Waals surface area contributed by atoms with Crippen molar-refractivity contribution in [1.29, 1.82) is 5.26 Å². The molecule has 0 bridgehead atoms. The minimum atomic E-state index is -0.521. The van der Waals surface area contributed by atoms with Crippen molar-refractivity contribution in [3.63, 3.8) is 0 Å². The summed E-state index contributed by atoms with van der Waals surface area (Å²) in [6, 6.07) is 9.68. The lowest BCUT2D eigenvalue weighted by Crippen LogP contribution is -2.23. The van der Waals surface area contributed by atoms with Crippen LogP contribution in [0.3, 0.4) is 0 Å². The summed E-state index contributed by atoms with van der Waals surface area (Å²) in [6.45, 7) is 2.20. The lowest BCUT2D eigenvalue weighted by Gasteiger charge is -2.17. The fraction of sp³-hybridized carbons (Fsp3) is 0.190. The van der Waals surface area contributed by atoms with Gasteiger partial charge in [0.15, 0.2) is 0 Å². The van der Waals surface area contributed by atoms with Gasteiger partial charge in [0.1, 0.15) is 11.6 Å². The normalized spacial score (nSPS) is 10.4. The molecule has 0 saturated carbocycles. The second kappa shape index (κ2) is 10.2. The van der Waals surface area contributed by atoms with Gasteiger partial charge in [0.05, 0.1) is 33.8 Å². The molecule has 3 rings (SSSR count). The number of aryl methyl sites for hydroxylation is 1. The Hall–Kier alpha value is -3.45. The van der Waals surface area contributed by atoms with Crippen molar-refractivity contribution in [3.8, 4) is 6.07 Å². The van der Waals surface area contributed by atoms with Gasteiger partial charge in [-0.1, -0.05) is 23.2 Å². The van der Waals surface area contributed by atoms with Crippen LogP contribution in [0.15, 0.2) is 36.5 Å². The Morgan fingerprint density at radius 2 is 1.91 bits per heavy atom. The maximum Gasteiger partial charge on any atom is 0.258 e. The number of nitrogens with zero attached hydrogens (tertiary/aromatic N) is 5. The third kappa shape index (κ3) is 5.62. The Morgan fingerprint density at radius 1 is 1.19 bits per heavy atom. The Balaban J connectivity index is 1.80. The molecule has 2 aromatic heterocycles. The summed E-state index contributed by atoms with van der Waals surface area (Å²) >= 11 is 12.3. The molecule has 9 nitrogen and oxygen atoms in total. The smallest absolute Gasteiger partial charge is 0.258 e. The molecule has 3 N–H and O–H groups in total. The van der Waals surface area contributed by atoms with Crippen molar-refractivity contribution in [1.82, 2.24) is 15.0 Å². The van der Waals surface area contributed by atoms with Gasteiger partial charge in [-0.15, -0.1) is 0 Å². The van der Waals surface area contributed by atoms with Crippen molar-refractivity contribution < 1.29 is 9.90 Å². The first-order valence-corrected chi connectivity index (χ1v) is 10.2. The topological polar surface area (TPSA) is 127 Å². The molecule has 0 spiro atoms. The van der Waals surface area contributed by atoms with Crippen molar-refractivity contribution in [2.45, 2.75) is 6.92 Å². The van der Waals surface area contributed by atoms with Gasteiger partial charge in [-0.3, -0.25) is 4.79 Å². The lowest BCUT2D eigenvalue weighted by atomic mass is 10.1. The van der Waals surface area contributed by atoms with E-state index < -0.39 is 5.91 Å². The van der Waals surface area contributed by atoms with Crippen LogP contribution in [-0.2, 0) is 0 Å². The molecule has 0 unspecified atom stereocenters. The fourth-order valence-electron chi connectivity index (χ4n) is 2.79. The van der Waals surface area contributed by atoms with Crippen LogP contribution >= 0.6 is 23.2 Å². The first-order chi connectivity index (χ1) is 15.3. The van der Waals surface area contributed by atoms with Crippen LogP contribution in [0.1, 0.15) is 21.6 Å². The molecule has 0 radical (unpaired) electrons. The van der Waals surface area contributed by atoms with E-state index in [-0.39, 0.29) is 27.8 Å². The van der Waals surface area contributed by atoms with Gasteiger partial charge in [-0.25, -0.2) is 9.97 Å². The molecule has 11 heteroatoms. The highest BCUT2D eigenvalue weighted by molar-refractivity contribution is 6.40. The number of carbonyl (C=O) groups excluding carboxylic acids is 1. The Bertz CT molecular complexity index is 1170. The van der Waals surface area contributed by atoms with Gasteiger partial charge >= 0.3 is 0 Å². The molecule has 3 aromatic rings. The highest BCUT2D eigenvalue weighted by Crippen LogP contribution is 2.28. The first kappa shape index (κ1) is 23.2. The van der Waals surface area contributed by atoms with Gasteiger partial charge in [-0.05, 0) is 25.1 Å². The Morgan fingerprint density at radius 3 is 2.56 bits per heavy atom. The number of nitriles is 1. The van der Waals surface area contributed by atoms with E-state index in [2.05, 4.69) is 25.6 Å². The number of hydrogen-bond acceptors (Lipinski definition) is 8. The number of aliphatic hydroxyl groups is 1. The standard InChI is InChI=1S/C21H19Cl2N7O2/c1-12-7-18(29-21(26-12)30(2)5-6-31)28-17-10-14(3-4-25-17)27-20(32)19-15(22)8-13(11-24)9-16(19)23/h3-4,7-10,31H,5-6H2,1-2H3,(H2,25,26,27,28,29,32). The number of anilines is 4. The summed E-state index contributed by atoms with van der Waals surface area (Å²) in [5, 5.41) is 24.1. The third-order valence-corrected chi connectivity index (χ3v) is 4.89. The van der Waals surface area contributed by atoms with Gasteiger partial charge < -0.3 is 20.6 Å². The monoisotopic (exact) mass is 471 g/mol. The summed E-state index contributed by atoms with van der Waals surface area (Å²) in [6.07, 6.45) is 1.52. The van der Waals surface area contributed by atoms with E-state index >= 15 is 0 Å². The highest BCUT2D eigenvalue weighted by Gasteiger charge is 2.17. The minimum Gasteiger partial charge on any atom is -0.395 e. The van der Waals surface area contributed by atoms with E-state index in [0.29, 0.717) is 29.8 Å². The van der Waals surface area contributed by atoms with E-state index in [1.165, 1.54) is 18.3 Å². The van der Waals surface area contributed by atoms with Crippen molar-refractivity contribution >= 4 is 52.4 Å². The van der Waals surface area contributed by atoms with Gasteiger partial charge in [0.2, 0.25) is 5.95 Å². The van der Waals surface area contributed by atoms with Gasteiger partial charge in [0, 0.05) is 43.3 Å². The molecule has 0 aliphatic rings. The zero-order valence-electron chi connectivity index (χ0n) is 17.2. The average molecular weight is 472 g/mol. The predicted molar refractivity (Wildman–Crippen MR) is 124 cm³/mol. The quantitative estimate of drug-likeness (QED) is 0.474. The number of hydrogen-bond donors (Lipinski definition) is 3. The molecule has 1 aromatic carbocycles. The summed E-state index contributed by atoms with van der Waals surface area (Å²) in [7, 11) is 1.78. The van der Waals surface area contributed by atoms with E-state index in [1.807, 2.05) is 13.0 Å². The number of nitrogens with one attached hydrogen (secondary N) is 2. The van der Waals surface area contributed by atoms with Crippen LogP contribution in [0.2, 0.25) is 10.0 Å². The molecule has 0 saturated heterocycles. The van der Waals surface area contributed by atoms with E-state index in [0.717, 1.165) is 5.69 Å². The van der Waals surface area contributed by atoms with Crippen molar-refractivity contribution in [3.05, 3.63) is 63.4 Å². The Labute approximate surface area is 194 Å². The number of rotatable bonds is 7. The summed E-state index contributed by atoms with van der Waals surface area (Å²) in [4.78, 5) is 27.5. The Kier molecular flexibility index (Phi) is 7.43. The summed E-state index contributed by atoms with van der Waals surface area (Å²) < 4.78 is 0. The zero-order valence-corrected chi connectivity index (χ0v) is 18.7. The van der Waals surface area contributed by atoms with E-state index in [1.54, 1.807) is 30.1 Å². The molecule has 0 aliphatic carbocycles. The minimum absolute atomic E-state index is 0.0207. The number of pyridine rings is 1. The van der Waals surface area contributed by atoms with Gasteiger partial charge in [0.25, 0.3) is 5.91 Å². The number of carbonyl (C=O) groups is 1. The first-order valence-electron chi connectivity index (χ1n) is 9.42. The molecule has 0 aliphatic heterocycles. The number of aromatic nitrogens is 3. The molecule has 0 atom stereocenters. The maximum atomic E-state index is 12.7. The number of likely N-dealkylation sites (N-methyl/N-ethyl adjacent to an activating group) is 1. The number of halogens is 2. The van der Waals surface area contributed by atoms with Gasteiger partial charge in [-0.2, -0.15) is 10.2 Å². The molecule has 2 heterocycles. The third-order valence-electron chi connectivity index (χ3n) is 4.29. The maximum absolute atomic E-state index is 12.7. The van der Waals surface area contributed by atoms with E-state index in [9.17, 15) is 4.79 Å². The van der Waals surface area contributed by atoms with Crippen molar-refractivity contribution in [2.75, 3.05) is 35.7 Å². The molecular weight excluding hydrogens is 453 g/mol. The van der Waals surface area contributed by atoms with Crippen LogP contribution < -0.4 is 15.5 Å². The molecule has 0 fully saturated rings. The molecule has 32 heavy (non-hydrogen) atoms. The second-order valence-electron chi connectivity index (χ2n) is 6.78. The van der Waals surface area contributed by atoms with Crippen LogP contribution in [0.25, 0.3) is 0 Å². The average Bonchev–Trinajstić information content (AvgIpc) is 2.73. The largest absolute Gasteiger partial charge is 0.395 e.